The SMILES string of the molecule is CCc1ccccc1OC(C(=O)NC1CCNC(C)C1)c1ccccc1. The Morgan fingerprint density at radius 2 is 1.92 bits per heavy atom. The van der Waals surface area contributed by atoms with E-state index in [1.165, 1.54) is 0 Å². The third-order valence-electron chi connectivity index (χ3n) is 4.91. The molecule has 138 valence electrons. The number of rotatable bonds is 6. The van der Waals surface area contributed by atoms with Gasteiger partial charge in [-0.15, -0.1) is 0 Å². The molecule has 3 rings (SSSR count). The lowest BCUT2D eigenvalue weighted by Gasteiger charge is -2.30. The largest absolute Gasteiger partial charge is 0.476 e. The van der Waals surface area contributed by atoms with Crippen LogP contribution in [-0.2, 0) is 11.2 Å². The summed E-state index contributed by atoms with van der Waals surface area (Å²) >= 11 is 0. The van der Waals surface area contributed by atoms with E-state index in [9.17, 15) is 4.79 Å². The van der Waals surface area contributed by atoms with Gasteiger partial charge >= 0.3 is 0 Å². The predicted octanol–water partition coefficient (Wildman–Crippen LogP) is 3.63. The Kier molecular flexibility index (Phi) is 6.29. The van der Waals surface area contributed by atoms with Crippen LogP contribution in [0.25, 0.3) is 0 Å². The first-order valence-corrected chi connectivity index (χ1v) is 9.50. The summed E-state index contributed by atoms with van der Waals surface area (Å²) in [5, 5.41) is 6.62. The second kappa shape index (κ2) is 8.86. The lowest BCUT2D eigenvalue weighted by Crippen LogP contribution is -2.48. The minimum Gasteiger partial charge on any atom is -0.476 e. The molecular weight excluding hydrogens is 324 g/mol. The molecule has 4 nitrogen and oxygen atoms in total. The highest BCUT2D eigenvalue weighted by atomic mass is 16.5. The van der Waals surface area contributed by atoms with Gasteiger partial charge in [-0.3, -0.25) is 4.79 Å². The summed E-state index contributed by atoms with van der Waals surface area (Å²) in [5.74, 6) is 0.707. The van der Waals surface area contributed by atoms with Crippen LogP contribution in [0.3, 0.4) is 0 Å². The Hall–Kier alpha value is -2.33. The molecule has 2 N–H and O–H groups in total. The molecule has 0 spiro atoms. The lowest BCUT2D eigenvalue weighted by molar-refractivity contribution is -0.129. The maximum Gasteiger partial charge on any atom is 0.266 e. The van der Waals surface area contributed by atoms with Crippen LogP contribution < -0.4 is 15.4 Å². The molecule has 2 aromatic carbocycles. The van der Waals surface area contributed by atoms with Gasteiger partial charge in [0, 0.05) is 17.6 Å². The third-order valence-corrected chi connectivity index (χ3v) is 4.91. The van der Waals surface area contributed by atoms with E-state index in [0.717, 1.165) is 42.7 Å². The number of para-hydroxylation sites is 1. The van der Waals surface area contributed by atoms with Crippen LogP contribution in [-0.4, -0.2) is 24.5 Å². The fourth-order valence-electron chi connectivity index (χ4n) is 3.48. The number of ether oxygens (including phenoxy) is 1. The van der Waals surface area contributed by atoms with Crippen LogP contribution in [0.1, 0.15) is 43.9 Å². The molecule has 1 heterocycles. The van der Waals surface area contributed by atoms with E-state index in [1.54, 1.807) is 0 Å². The van der Waals surface area contributed by atoms with Crippen molar-refractivity contribution < 1.29 is 9.53 Å². The van der Waals surface area contributed by atoms with Gasteiger partial charge in [0.25, 0.3) is 5.91 Å². The van der Waals surface area contributed by atoms with Crippen molar-refractivity contribution in [2.45, 2.75) is 51.3 Å². The summed E-state index contributed by atoms with van der Waals surface area (Å²) < 4.78 is 6.23. The second-order valence-electron chi connectivity index (χ2n) is 6.95. The van der Waals surface area contributed by atoms with Crippen molar-refractivity contribution in [1.82, 2.24) is 10.6 Å². The highest BCUT2D eigenvalue weighted by Crippen LogP contribution is 2.26. The minimum atomic E-state index is -0.644. The van der Waals surface area contributed by atoms with Crippen molar-refractivity contribution in [2.24, 2.45) is 0 Å². The molecule has 1 fully saturated rings. The van der Waals surface area contributed by atoms with E-state index in [4.69, 9.17) is 4.74 Å². The Bertz CT molecular complexity index is 717. The first-order chi connectivity index (χ1) is 12.7. The van der Waals surface area contributed by atoms with Crippen LogP contribution >= 0.6 is 0 Å². The normalized spacial score (nSPS) is 21.0. The van der Waals surface area contributed by atoms with Crippen molar-refractivity contribution in [2.75, 3.05) is 6.54 Å². The third kappa shape index (κ3) is 4.64. The van der Waals surface area contributed by atoms with E-state index >= 15 is 0 Å². The van der Waals surface area contributed by atoms with E-state index in [2.05, 4.69) is 24.5 Å². The first kappa shape index (κ1) is 18.5. The van der Waals surface area contributed by atoms with E-state index < -0.39 is 6.10 Å². The predicted molar refractivity (Wildman–Crippen MR) is 104 cm³/mol. The molecule has 1 aliphatic heterocycles. The number of carbonyl (C=O) groups excluding carboxylic acids is 1. The monoisotopic (exact) mass is 352 g/mol. The Morgan fingerprint density at radius 3 is 2.65 bits per heavy atom. The zero-order valence-electron chi connectivity index (χ0n) is 15.6. The van der Waals surface area contributed by atoms with Crippen molar-refractivity contribution in [3.63, 3.8) is 0 Å². The molecule has 2 aromatic rings. The molecule has 0 aliphatic carbocycles. The maximum atomic E-state index is 13.1. The van der Waals surface area contributed by atoms with Crippen LogP contribution in [0, 0.1) is 0 Å². The van der Waals surface area contributed by atoms with Crippen LogP contribution in [0.5, 0.6) is 5.75 Å². The number of nitrogens with one attached hydrogen (secondary N) is 2. The standard InChI is InChI=1S/C22H28N2O2/c1-3-17-9-7-8-12-20(17)26-21(18-10-5-4-6-11-18)22(25)24-19-13-14-23-16(2)15-19/h4-12,16,19,21,23H,3,13-15H2,1-2H3,(H,24,25). The summed E-state index contributed by atoms with van der Waals surface area (Å²) in [7, 11) is 0. The molecule has 4 heteroatoms. The molecule has 0 bridgehead atoms. The molecule has 1 amide bonds. The highest BCUT2D eigenvalue weighted by Gasteiger charge is 2.27. The Labute approximate surface area is 156 Å². The molecule has 0 aromatic heterocycles. The van der Waals surface area contributed by atoms with Crippen molar-refractivity contribution >= 4 is 5.91 Å². The van der Waals surface area contributed by atoms with Crippen molar-refractivity contribution in [3.05, 3.63) is 65.7 Å². The summed E-state index contributed by atoms with van der Waals surface area (Å²) in [6.07, 6.45) is 2.11. The lowest BCUT2D eigenvalue weighted by atomic mass is 9.99. The minimum absolute atomic E-state index is 0.0683. The van der Waals surface area contributed by atoms with Crippen molar-refractivity contribution in [1.29, 1.82) is 0 Å². The molecule has 0 saturated carbocycles. The molecule has 3 unspecified atom stereocenters. The molecule has 1 aliphatic rings. The van der Waals surface area contributed by atoms with Gasteiger partial charge in [-0.05, 0) is 44.4 Å². The Balaban J connectivity index is 1.80. The number of aryl methyl sites for hydroxylation is 1. The van der Waals surface area contributed by atoms with E-state index in [0.29, 0.717) is 6.04 Å². The summed E-state index contributed by atoms with van der Waals surface area (Å²) in [6, 6.07) is 18.3. The molecule has 0 radical (unpaired) electrons. The second-order valence-corrected chi connectivity index (χ2v) is 6.95. The van der Waals surface area contributed by atoms with Gasteiger partial charge in [0.2, 0.25) is 6.10 Å². The van der Waals surface area contributed by atoms with Gasteiger partial charge in [0.05, 0.1) is 0 Å². The molecule has 1 saturated heterocycles. The summed E-state index contributed by atoms with van der Waals surface area (Å²) in [4.78, 5) is 13.1. The van der Waals surface area contributed by atoms with Crippen LogP contribution in [0.15, 0.2) is 54.6 Å². The fraction of sp³-hybridized carbons (Fsp3) is 0.409. The van der Waals surface area contributed by atoms with Gasteiger partial charge in [-0.25, -0.2) is 0 Å². The zero-order valence-corrected chi connectivity index (χ0v) is 15.6. The summed E-state index contributed by atoms with van der Waals surface area (Å²) in [5.41, 5.74) is 1.98. The van der Waals surface area contributed by atoms with E-state index in [-0.39, 0.29) is 11.9 Å². The number of piperidine rings is 1. The average Bonchev–Trinajstić information content (AvgIpc) is 2.67. The first-order valence-electron chi connectivity index (χ1n) is 9.50. The van der Waals surface area contributed by atoms with Gasteiger partial charge in [-0.1, -0.05) is 55.5 Å². The van der Waals surface area contributed by atoms with Gasteiger partial charge in [0.15, 0.2) is 0 Å². The topological polar surface area (TPSA) is 50.4 Å². The Morgan fingerprint density at radius 1 is 1.19 bits per heavy atom. The molecule has 3 atom stereocenters. The number of hydrogen-bond acceptors (Lipinski definition) is 3. The fourth-order valence-corrected chi connectivity index (χ4v) is 3.48. The number of hydrogen-bond donors (Lipinski definition) is 2. The molecule has 26 heavy (non-hydrogen) atoms. The number of amides is 1. The van der Waals surface area contributed by atoms with Crippen LogP contribution in [0.2, 0.25) is 0 Å². The van der Waals surface area contributed by atoms with E-state index in [1.807, 2.05) is 54.6 Å². The highest BCUT2D eigenvalue weighted by molar-refractivity contribution is 5.83. The number of carbonyl (C=O) groups is 1. The average molecular weight is 352 g/mol. The quantitative estimate of drug-likeness (QED) is 0.835. The maximum absolute atomic E-state index is 13.1. The summed E-state index contributed by atoms with van der Waals surface area (Å²) in [6.45, 7) is 5.18. The van der Waals surface area contributed by atoms with Gasteiger partial charge in [-0.2, -0.15) is 0 Å². The molecular formula is C22H28N2O2. The van der Waals surface area contributed by atoms with Gasteiger partial charge < -0.3 is 15.4 Å². The van der Waals surface area contributed by atoms with Gasteiger partial charge in [0.1, 0.15) is 5.75 Å². The smallest absolute Gasteiger partial charge is 0.266 e. The van der Waals surface area contributed by atoms with Crippen LogP contribution in [0.4, 0.5) is 0 Å². The number of benzene rings is 2. The zero-order chi connectivity index (χ0) is 18.4. The van der Waals surface area contributed by atoms with Crippen molar-refractivity contribution in [3.8, 4) is 5.75 Å².